The number of benzene rings is 1. The van der Waals surface area contributed by atoms with Crippen LogP contribution in [-0.4, -0.2) is 122 Å². The minimum atomic E-state index is -1.03. The van der Waals surface area contributed by atoms with Crippen molar-refractivity contribution >= 4 is 58.9 Å². The predicted octanol–water partition coefficient (Wildman–Crippen LogP) is 4.57. The molecule has 9 rings (SSSR count). The number of ether oxygens (including phenoxy) is 1. The Kier molecular flexibility index (Phi) is 11.5. The van der Waals surface area contributed by atoms with Gasteiger partial charge >= 0.3 is 0 Å². The number of aldehydes is 1. The minimum absolute atomic E-state index is 0.0812. The highest BCUT2D eigenvalue weighted by atomic mass is 32.2. The number of hydrogen-bond donors (Lipinski definition) is 4. The number of hydrogen-bond acceptors (Lipinski definition) is 14. The molecular weight excluding hydrogens is 793 g/mol. The highest BCUT2D eigenvalue weighted by Gasteiger charge is 2.63. The normalized spacial score (nSPS) is 28.5. The van der Waals surface area contributed by atoms with Crippen molar-refractivity contribution in [2.75, 3.05) is 50.0 Å². The number of nitrogens with two attached hydrogens (primary N) is 1. The van der Waals surface area contributed by atoms with Gasteiger partial charge in [0, 0.05) is 85.2 Å². The molecule has 3 aromatic rings. The van der Waals surface area contributed by atoms with Crippen LogP contribution in [0.25, 0.3) is 11.2 Å². The average molecular weight is 846 g/mol. The maximum absolute atomic E-state index is 16.8. The number of imide groups is 1. The zero-order valence-corrected chi connectivity index (χ0v) is 35.2. The van der Waals surface area contributed by atoms with E-state index in [2.05, 4.69) is 27.4 Å². The maximum atomic E-state index is 16.8. The molecule has 0 spiro atoms. The molecule has 6 atom stereocenters. The van der Waals surface area contributed by atoms with Crippen LogP contribution in [0.5, 0.6) is 5.75 Å². The van der Waals surface area contributed by atoms with E-state index in [-0.39, 0.29) is 58.7 Å². The number of piperazine rings is 1. The summed E-state index contributed by atoms with van der Waals surface area (Å²) in [5.74, 6) is -0.401. The SMILES string of the molecule is CC(C)Oc1c(/C(C=N)=C/N)ncn2nc(NC34CCC(C=C3F)SC3CC(CN5CCN(c6cc(CN(C)C7CCC(=O)NC7=O)c(C=O)cc6F)CC5)CC34C)nc12. The van der Waals surface area contributed by atoms with Crippen molar-refractivity contribution in [2.24, 2.45) is 17.1 Å². The second-order valence-corrected chi connectivity index (χ2v) is 18.8. The van der Waals surface area contributed by atoms with E-state index in [0.717, 1.165) is 32.0 Å². The van der Waals surface area contributed by atoms with E-state index in [1.165, 1.54) is 23.1 Å². The Morgan fingerprint density at radius 2 is 2.00 bits per heavy atom. The first-order valence-corrected chi connectivity index (χ1v) is 21.6. The maximum Gasteiger partial charge on any atom is 0.244 e. The second-order valence-electron chi connectivity index (χ2n) is 17.3. The number of thioether (sulfide) groups is 1. The third kappa shape index (κ3) is 7.54. The molecule has 60 heavy (non-hydrogen) atoms. The van der Waals surface area contributed by atoms with Crippen molar-refractivity contribution in [3.8, 4) is 5.75 Å². The summed E-state index contributed by atoms with van der Waals surface area (Å²) in [6.45, 7) is 9.68. The summed E-state index contributed by atoms with van der Waals surface area (Å²) in [7, 11) is 1.77. The average Bonchev–Trinajstić information content (AvgIpc) is 3.72. The summed E-state index contributed by atoms with van der Waals surface area (Å²) in [4.78, 5) is 51.8. The number of allylic oxidation sites excluding steroid dienone is 1. The lowest BCUT2D eigenvalue weighted by Gasteiger charge is -2.48. The number of amides is 2. The molecule has 15 nitrogen and oxygen atoms in total. The van der Waals surface area contributed by atoms with Gasteiger partial charge in [-0.05, 0) is 82.7 Å². The molecule has 6 unspecified atom stereocenters. The van der Waals surface area contributed by atoms with Gasteiger partial charge in [-0.1, -0.05) is 6.92 Å². The van der Waals surface area contributed by atoms with Crippen molar-refractivity contribution in [2.45, 2.75) is 94.0 Å². The molecule has 6 aliphatic rings. The third-order valence-corrected chi connectivity index (χ3v) is 15.0. The molecule has 2 aromatic heterocycles. The van der Waals surface area contributed by atoms with Crippen LogP contribution in [0.3, 0.4) is 0 Å². The Hall–Kier alpha value is -4.94. The van der Waals surface area contributed by atoms with E-state index in [0.29, 0.717) is 85.1 Å². The Balaban J connectivity index is 0.970. The van der Waals surface area contributed by atoms with E-state index >= 15 is 8.78 Å². The molecule has 1 saturated carbocycles. The Labute approximate surface area is 352 Å². The van der Waals surface area contributed by atoms with E-state index in [1.54, 1.807) is 24.1 Å². The molecule has 5 N–H and O–H groups in total. The minimum Gasteiger partial charge on any atom is -0.485 e. The molecule has 1 aromatic carbocycles. The lowest BCUT2D eigenvalue weighted by molar-refractivity contribution is -0.137. The number of nitrogens with zero attached hydrogens (tertiary/aromatic N) is 7. The van der Waals surface area contributed by atoms with Crippen molar-refractivity contribution < 1.29 is 27.9 Å². The van der Waals surface area contributed by atoms with Crippen molar-refractivity contribution in [3.63, 3.8) is 0 Å². The lowest BCUT2D eigenvalue weighted by Crippen LogP contribution is -2.56. The quantitative estimate of drug-likeness (QED) is 0.107. The van der Waals surface area contributed by atoms with Crippen LogP contribution >= 0.6 is 11.8 Å². The summed E-state index contributed by atoms with van der Waals surface area (Å²) in [5, 5.41) is 18.8. The fourth-order valence-electron chi connectivity index (χ4n) is 10.1. The standard InChI is InChI=1S/C42H53F2N11O4S/c1-24(2)59-37-36(28(18-45)19-46)47-23-55-38(37)49-40(51-55)50-42-8-7-29(16-33(42)44)60-34-13-25(17-41(34,42)3)20-53-9-11-54(12-10-53)32-15-26(27(22-56)14-30(32)43)21-52(4)31-5-6-35(57)48-39(31)58/h14-16,18-19,22-25,29,31,34,45H,5-13,17,20-21,46H2,1-4H3,(H,50,51)(H,48,57,58)/b28-19+,45-18?. The van der Waals surface area contributed by atoms with Gasteiger partial charge in [0.1, 0.15) is 30.0 Å². The van der Waals surface area contributed by atoms with Gasteiger partial charge in [0.2, 0.25) is 23.4 Å². The molecule has 4 aliphatic heterocycles. The lowest BCUT2D eigenvalue weighted by atomic mass is 9.64. The van der Waals surface area contributed by atoms with E-state index in [1.807, 2.05) is 30.5 Å². The number of halogens is 2. The van der Waals surface area contributed by atoms with Gasteiger partial charge in [-0.25, -0.2) is 13.8 Å². The molecule has 2 bridgehead atoms. The van der Waals surface area contributed by atoms with Crippen molar-refractivity contribution in [1.82, 2.24) is 34.7 Å². The van der Waals surface area contributed by atoms with E-state index in [4.69, 9.17) is 26.0 Å². The third-order valence-electron chi connectivity index (χ3n) is 13.2. The summed E-state index contributed by atoms with van der Waals surface area (Å²) in [5.41, 5.74) is 6.72. The number of aromatic nitrogens is 4. The predicted molar refractivity (Wildman–Crippen MR) is 226 cm³/mol. The topological polar surface area (TPSA) is 187 Å². The number of piperidine rings is 1. The summed E-state index contributed by atoms with van der Waals surface area (Å²) in [6.07, 6.45) is 9.87. The van der Waals surface area contributed by atoms with E-state index in [9.17, 15) is 14.4 Å². The first-order chi connectivity index (χ1) is 28.7. The second kappa shape index (κ2) is 16.5. The highest BCUT2D eigenvalue weighted by Crippen LogP contribution is 2.63. The zero-order chi connectivity index (χ0) is 42.5. The molecule has 3 saturated heterocycles. The van der Waals surface area contributed by atoms with Crippen LogP contribution in [0.1, 0.15) is 80.9 Å². The molecule has 6 heterocycles. The number of carbonyl (C=O) groups excluding carboxylic acids is 3. The van der Waals surface area contributed by atoms with Crippen LogP contribution in [0.15, 0.2) is 36.6 Å². The molecule has 18 heteroatoms. The molecule has 320 valence electrons. The van der Waals surface area contributed by atoms with Crippen molar-refractivity contribution in [3.05, 3.63) is 59.2 Å². The first-order valence-electron chi connectivity index (χ1n) is 20.7. The molecular formula is C42H53F2N11O4S. The van der Waals surface area contributed by atoms with Crippen LogP contribution in [0.4, 0.5) is 20.4 Å². The smallest absolute Gasteiger partial charge is 0.244 e. The van der Waals surface area contributed by atoms with Gasteiger partial charge in [-0.3, -0.25) is 29.5 Å². The van der Waals surface area contributed by atoms with Crippen LogP contribution in [0.2, 0.25) is 0 Å². The Bertz CT molecular complexity index is 2260. The first kappa shape index (κ1) is 41.8. The molecule has 2 aliphatic carbocycles. The number of carbonyl (C=O) groups is 3. The zero-order valence-electron chi connectivity index (χ0n) is 34.4. The number of rotatable bonds is 13. The van der Waals surface area contributed by atoms with Crippen molar-refractivity contribution in [1.29, 1.82) is 5.41 Å². The number of nitrogens with one attached hydrogen (secondary N) is 3. The number of likely N-dealkylation sites (N-methyl/N-ethyl adjacent to an activating group) is 1. The van der Waals surface area contributed by atoms with Gasteiger partial charge in [-0.15, -0.1) is 5.10 Å². The fourth-order valence-corrected chi connectivity index (χ4v) is 12.0. The summed E-state index contributed by atoms with van der Waals surface area (Å²) in [6, 6.07) is 2.47. The van der Waals surface area contributed by atoms with E-state index < -0.39 is 22.8 Å². The molecule has 0 radical (unpaired) electrons. The van der Waals surface area contributed by atoms with Crippen LogP contribution in [-0.2, 0) is 16.1 Å². The van der Waals surface area contributed by atoms with Crippen LogP contribution in [0, 0.1) is 22.6 Å². The highest BCUT2D eigenvalue weighted by molar-refractivity contribution is 8.00. The Morgan fingerprint density at radius 3 is 2.68 bits per heavy atom. The van der Waals surface area contributed by atoms with Gasteiger partial charge < -0.3 is 26.1 Å². The van der Waals surface area contributed by atoms with Crippen LogP contribution < -0.4 is 26.0 Å². The number of fused-ring (bicyclic) bond motifs is 2. The molecule has 2 amide bonds. The fraction of sp³-hybridized carbons (Fsp3) is 0.548. The summed E-state index contributed by atoms with van der Waals surface area (Å²) < 4.78 is 40.0. The van der Waals surface area contributed by atoms with Gasteiger partial charge in [0.25, 0.3) is 0 Å². The van der Waals surface area contributed by atoms with Gasteiger partial charge in [0.15, 0.2) is 5.75 Å². The number of anilines is 2. The summed E-state index contributed by atoms with van der Waals surface area (Å²) >= 11 is 1.88. The van der Waals surface area contributed by atoms with Gasteiger partial charge in [-0.2, -0.15) is 21.3 Å². The Morgan fingerprint density at radius 1 is 1.22 bits per heavy atom. The largest absolute Gasteiger partial charge is 0.485 e. The monoisotopic (exact) mass is 845 g/mol. The van der Waals surface area contributed by atoms with Gasteiger partial charge in [0.05, 0.1) is 23.4 Å². The molecule has 4 fully saturated rings.